The van der Waals surface area contributed by atoms with Crippen molar-refractivity contribution in [2.75, 3.05) is 5.32 Å². The Balaban J connectivity index is 1.96. The summed E-state index contributed by atoms with van der Waals surface area (Å²) in [5, 5.41) is 7.93. The maximum absolute atomic E-state index is 4.49. The van der Waals surface area contributed by atoms with E-state index in [1.54, 1.807) is 6.20 Å². The van der Waals surface area contributed by atoms with Crippen LogP contribution in [0.1, 0.15) is 29.9 Å². The van der Waals surface area contributed by atoms with E-state index in [2.05, 4.69) is 50.2 Å². The van der Waals surface area contributed by atoms with Crippen molar-refractivity contribution in [1.82, 2.24) is 19.6 Å². The highest BCUT2D eigenvalue weighted by Crippen LogP contribution is 2.26. The second-order valence-electron chi connectivity index (χ2n) is 5.06. The molecule has 0 amide bonds. The highest BCUT2D eigenvalue weighted by atomic mass is 79.9. The van der Waals surface area contributed by atoms with Crippen LogP contribution < -0.4 is 5.32 Å². The van der Waals surface area contributed by atoms with Crippen LogP contribution in [0.3, 0.4) is 0 Å². The van der Waals surface area contributed by atoms with E-state index in [4.69, 9.17) is 0 Å². The minimum absolute atomic E-state index is 0.104. The second kappa shape index (κ2) is 5.44. The molecule has 0 aliphatic rings. The molecule has 5 nitrogen and oxygen atoms in total. The first-order valence-corrected chi connectivity index (χ1v) is 7.54. The summed E-state index contributed by atoms with van der Waals surface area (Å²) in [6.45, 7) is 6.14. The van der Waals surface area contributed by atoms with Crippen molar-refractivity contribution in [1.29, 1.82) is 0 Å². The number of hydrogen-bond acceptors (Lipinski definition) is 4. The van der Waals surface area contributed by atoms with Gasteiger partial charge in [-0.1, -0.05) is 0 Å². The van der Waals surface area contributed by atoms with Crippen LogP contribution in [-0.4, -0.2) is 19.6 Å². The van der Waals surface area contributed by atoms with Crippen LogP contribution in [-0.2, 0) is 0 Å². The molecule has 6 heteroatoms. The van der Waals surface area contributed by atoms with E-state index in [-0.39, 0.29) is 6.04 Å². The lowest BCUT2D eigenvalue weighted by Crippen LogP contribution is -2.12. The van der Waals surface area contributed by atoms with Crippen LogP contribution >= 0.6 is 15.9 Å². The van der Waals surface area contributed by atoms with E-state index in [1.165, 1.54) is 0 Å². The van der Waals surface area contributed by atoms with Gasteiger partial charge < -0.3 is 5.32 Å². The quantitative estimate of drug-likeness (QED) is 0.735. The highest BCUT2D eigenvalue weighted by Gasteiger charge is 2.14. The molecular formula is C15H16BrN5. The summed E-state index contributed by atoms with van der Waals surface area (Å²) in [4.78, 5) is 8.70. The first-order chi connectivity index (χ1) is 10.1. The maximum Gasteiger partial charge on any atom is 0.155 e. The zero-order valence-electron chi connectivity index (χ0n) is 12.1. The van der Waals surface area contributed by atoms with Gasteiger partial charge in [-0.2, -0.15) is 5.10 Å². The predicted molar refractivity (Wildman–Crippen MR) is 86.4 cm³/mol. The fourth-order valence-electron chi connectivity index (χ4n) is 2.41. The van der Waals surface area contributed by atoms with Crippen LogP contribution in [0.15, 0.2) is 35.2 Å². The number of fused-ring (bicyclic) bond motifs is 1. The number of anilines is 1. The van der Waals surface area contributed by atoms with Crippen LogP contribution in [0.4, 0.5) is 5.69 Å². The minimum Gasteiger partial charge on any atom is -0.376 e. The van der Waals surface area contributed by atoms with Gasteiger partial charge in [0.05, 0.1) is 17.4 Å². The summed E-state index contributed by atoms with van der Waals surface area (Å²) < 4.78 is 2.69. The van der Waals surface area contributed by atoms with Gasteiger partial charge in [-0.15, -0.1) is 0 Å². The van der Waals surface area contributed by atoms with Gasteiger partial charge in [0.1, 0.15) is 4.60 Å². The summed E-state index contributed by atoms with van der Waals surface area (Å²) in [5.41, 5.74) is 5.01. The summed E-state index contributed by atoms with van der Waals surface area (Å²) in [5.74, 6) is 0. The molecule has 1 unspecified atom stereocenters. The zero-order valence-corrected chi connectivity index (χ0v) is 13.7. The molecule has 0 fully saturated rings. The first-order valence-electron chi connectivity index (χ1n) is 6.75. The largest absolute Gasteiger partial charge is 0.376 e. The van der Waals surface area contributed by atoms with Crippen LogP contribution in [0.5, 0.6) is 0 Å². The molecule has 0 aliphatic heterocycles. The Hall–Kier alpha value is -1.95. The van der Waals surface area contributed by atoms with Gasteiger partial charge >= 0.3 is 0 Å². The standard InChI is InChI=1S/C15H16BrN5/c1-9-7-14-18-8-12(11(3)21(14)20-9)10(2)19-13-5-4-6-17-15(13)16/h4-8,10,19H,1-3H3. The average Bonchev–Trinajstić information content (AvgIpc) is 2.83. The minimum atomic E-state index is 0.104. The summed E-state index contributed by atoms with van der Waals surface area (Å²) in [6, 6.07) is 5.98. The van der Waals surface area contributed by atoms with Gasteiger partial charge in [0, 0.05) is 29.7 Å². The number of pyridine rings is 1. The van der Waals surface area contributed by atoms with Crippen molar-refractivity contribution in [3.63, 3.8) is 0 Å². The van der Waals surface area contributed by atoms with E-state index < -0.39 is 0 Å². The van der Waals surface area contributed by atoms with Gasteiger partial charge in [-0.3, -0.25) is 0 Å². The molecule has 0 radical (unpaired) electrons. The average molecular weight is 346 g/mol. The Kier molecular flexibility index (Phi) is 3.63. The van der Waals surface area contributed by atoms with Crippen LogP contribution in [0.2, 0.25) is 0 Å². The Morgan fingerprint density at radius 2 is 2.10 bits per heavy atom. The molecule has 0 bridgehead atoms. The van der Waals surface area contributed by atoms with Crippen molar-refractivity contribution < 1.29 is 0 Å². The highest BCUT2D eigenvalue weighted by molar-refractivity contribution is 9.10. The number of rotatable bonds is 3. The zero-order chi connectivity index (χ0) is 15.0. The third-order valence-electron chi connectivity index (χ3n) is 3.48. The van der Waals surface area contributed by atoms with E-state index in [0.717, 1.165) is 32.9 Å². The van der Waals surface area contributed by atoms with Crippen molar-refractivity contribution in [3.8, 4) is 0 Å². The van der Waals surface area contributed by atoms with Gasteiger partial charge in [-0.05, 0) is 48.8 Å². The van der Waals surface area contributed by atoms with Crippen molar-refractivity contribution >= 4 is 27.3 Å². The second-order valence-corrected chi connectivity index (χ2v) is 5.81. The lowest BCUT2D eigenvalue weighted by atomic mass is 10.1. The molecule has 3 rings (SSSR count). The van der Waals surface area contributed by atoms with Crippen LogP contribution in [0.25, 0.3) is 5.65 Å². The smallest absolute Gasteiger partial charge is 0.155 e. The maximum atomic E-state index is 4.49. The third-order valence-corrected chi connectivity index (χ3v) is 4.11. The Bertz CT molecular complexity index is 796. The number of nitrogens with one attached hydrogen (secondary N) is 1. The van der Waals surface area contributed by atoms with Crippen molar-refractivity contribution in [3.05, 3.63) is 52.1 Å². The lowest BCUT2D eigenvalue weighted by molar-refractivity contribution is 0.797. The Labute approximate surface area is 131 Å². The predicted octanol–water partition coefficient (Wildman–Crippen LogP) is 3.68. The fourth-order valence-corrected chi connectivity index (χ4v) is 2.77. The fraction of sp³-hybridized carbons (Fsp3) is 0.267. The molecule has 3 aromatic rings. The van der Waals surface area contributed by atoms with E-state index in [0.29, 0.717) is 0 Å². The molecule has 0 saturated heterocycles. The van der Waals surface area contributed by atoms with Crippen molar-refractivity contribution in [2.45, 2.75) is 26.8 Å². The molecule has 0 aromatic carbocycles. The van der Waals surface area contributed by atoms with Gasteiger partial charge in [-0.25, -0.2) is 14.5 Å². The Morgan fingerprint density at radius 3 is 2.86 bits per heavy atom. The van der Waals surface area contributed by atoms with E-state index in [9.17, 15) is 0 Å². The summed E-state index contributed by atoms with van der Waals surface area (Å²) >= 11 is 3.45. The number of aromatic nitrogens is 4. The molecule has 3 aromatic heterocycles. The molecule has 21 heavy (non-hydrogen) atoms. The SMILES string of the molecule is Cc1cc2ncc(C(C)Nc3cccnc3Br)c(C)n2n1. The monoisotopic (exact) mass is 345 g/mol. The van der Waals surface area contributed by atoms with Crippen LogP contribution in [0, 0.1) is 13.8 Å². The Morgan fingerprint density at radius 1 is 1.29 bits per heavy atom. The van der Waals surface area contributed by atoms with Gasteiger partial charge in [0.15, 0.2) is 5.65 Å². The normalized spacial score (nSPS) is 12.6. The molecular weight excluding hydrogens is 330 g/mol. The lowest BCUT2D eigenvalue weighted by Gasteiger charge is -2.18. The molecule has 108 valence electrons. The topological polar surface area (TPSA) is 55.1 Å². The van der Waals surface area contributed by atoms with E-state index >= 15 is 0 Å². The summed E-state index contributed by atoms with van der Waals surface area (Å²) in [7, 11) is 0. The molecule has 0 aliphatic carbocycles. The van der Waals surface area contributed by atoms with Gasteiger partial charge in [0.25, 0.3) is 0 Å². The molecule has 0 spiro atoms. The van der Waals surface area contributed by atoms with Crippen molar-refractivity contribution in [2.24, 2.45) is 0 Å². The number of aryl methyl sites for hydroxylation is 2. The first kappa shape index (κ1) is 14.0. The molecule has 1 atom stereocenters. The van der Waals surface area contributed by atoms with Gasteiger partial charge in [0.2, 0.25) is 0 Å². The number of hydrogen-bond donors (Lipinski definition) is 1. The number of halogens is 1. The molecule has 1 N–H and O–H groups in total. The third kappa shape index (κ3) is 2.63. The molecule has 0 saturated carbocycles. The van der Waals surface area contributed by atoms with E-state index in [1.807, 2.05) is 35.8 Å². The molecule has 3 heterocycles. The summed E-state index contributed by atoms with van der Waals surface area (Å²) in [6.07, 6.45) is 3.67. The number of nitrogens with zero attached hydrogens (tertiary/aromatic N) is 4.